The van der Waals surface area contributed by atoms with Gasteiger partial charge >= 0.3 is 0 Å². The van der Waals surface area contributed by atoms with E-state index in [1.165, 1.54) is 11.8 Å². The average molecular weight is 457 g/mol. The van der Waals surface area contributed by atoms with Gasteiger partial charge in [-0.05, 0) is 37.3 Å². The molecule has 3 aromatic rings. The van der Waals surface area contributed by atoms with Crippen LogP contribution >= 0.6 is 23.4 Å². The number of hydrogen-bond acceptors (Lipinski definition) is 6. The van der Waals surface area contributed by atoms with Gasteiger partial charge in [-0.1, -0.05) is 41.6 Å². The summed E-state index contributed by atoms with van der Waals surface area (Å²) in [5.74, 6) is 1.22. The van der Waals surface area contributed by atoms with Crippen LogP contribution in [0.1, 0.15) is 6.92 Å². The van der Waals surface area contributed by atoms with Gasteiger partial charge in [0.1, 0.15) is 0 Å². The van der Waals surface area contributed by atoms with Crippen LogP contribution in [0.4, 0.5) is 11.4 Å². The van der Waals surface area contributed by atoms with Gasteiger partial charge in [-0.15, -0.1) is 10.2 Å². The second-order valence-electron chi connectivity index (χ2n) is 7.31. The van der Waals surface area contributed by atoms with Crippen LogP contribution < -0.4 is 10.6 Å². The molecule has 9 heteroatoms. The number of carbonyl (C=O) groups excluding carboxylic acids is 1. The third kappa shape index (κ3) is 4.97. The van der Waals surface area contributed by atoms with Crippen LogP contribution in [0.5, 0.6) is 0 Å². The second kappa shape index (κ2) is 9.62. The molecule has 2 heterocycles. The first-order chi connectivity index (χ1) is 15.0. The smallest absolute Gasteiger partial charge is 0.233 e. The molecule has 1 aliphatic rings. The highest BCUT2D eigenvalue weighted by Gasteiger charge is 2.22. The molecule has 1 aliphatic heterocycles. The molecule has 162 valence electrons. The number of carbonyl (C=O) groups is 1. The van der Waals surface area contributed by atoms with Gasteiger partial charge in [-0.2, -0.15) is 0 Å². The lowest BCUT2D eigenvalue weighted by molar-refractivity contribution is -0.128. The summed E-state index contributed by atoms with van der Waals surface area (Å²) < 4.78 is 2.02. The third-order valence-corrected chi connectivity index (χ3v) is 6.49. The maximum absolute atomic E-state index is 12.8. The van der Waals surface area contributed by atoms with E-state index in [1.807, 2.05) is 58.9 Å². The van der Waals surface area contributed by atoms with Crippen molar-refractivity contribution >= 4 is 40.6 Å². The first-order valence-electron chi connectivity index (χ1n) is 10.3. The summed E-state index contributed by atoms with van der Waals surface area (Å²) in [7, 11) is 0. The molecule has 0 unspecified atom stereocenters. The second-order valence-corrected chi connectivity index (χ2v) is 8.69. The molecule has 0 saturated carbocycles. The molecule has 1 aromatic heterocycles. The molecule has 0 bridgehead atoms. The zero-order valence-corrected chi connectivity index (χ0v) is 18.9. The predicted octanol–water partition coefficient (Wildman–Crippen LogP) is 3.64. The van der Waals surface area contributed by atoms with Crippen molar-refractivity contribution in [2.45, 2.75) is 18.6 Å². The standard InChI is InChI=1S/C22H25ClN6OS/c1-2-29-21(16-5-3-7-18(24)13-16)25-26-22(29)31-15-20(30)28-11-9-27(10-12-28)19-8-4-6-17(23)14-19/h3-8,13-14H,2,9-12,15,24H2,1H3. The monoisotopic (exact) mass is 456 g/mol. The molecular weight excluding hydrogens is 432 g/mol. The Morgan fingerprint density at radius 2 is 1.87 bits per heavy atom. The van der Waals surface area contributed by atoms with Crippen molar-refractivity contribution in [2.24, 2.45) is 0 Å². The highest BCUT2D eigenvalue weighted by molar-refractivity contribution is 7.99. The van der Waals surface area contributed by atoms with E-state index in [4.69, 9.17) is 17.3 Å². The van der Waals surface area contributed by atoms with E-state index in [0.29, 0.717) is 31.1 Å². The summed E-state index contributed by atoms with van der Waals surface area (Å²) in [6.45, 7) is 5.73. The highest BCUT2D eigenvalue weighted by atomic mass is 35.5. The van der Waals surface area contributed by atoms with Crippen molar-refractivity contribution in [2.75, 3.05) is 42.6 Å². The van der Waals surface area contributed by atoms with Crippen LogP contribution in [0, 0.1) is 0 Å². The molecular formula is C22H25ClN6OS. The van der Waals surface area contributed by atoms with E-state index in [2.05, 4.69) is 21.2 Å². The van der Waals surface area contributed by atoms with E-state index in [-0.39, 0.29) is 5.91 Å². The van der Waals surface area contributed by atoms with Gasteiger partial charge in [0.15, 0.2) is 11.0 Å². The topological polar surface area (TPSA) is 80.3 Å². The molecule has 1 fully saturated rings. The van der Waals surface area contributed by atoms with Crippen LogP contribution in [0.15, 0.2) is 53.7 Å². The Bertz CT molecular complexity index is 1060. The summed E-state index contributed by atoms with van der Waals surface area (Å²) in [4.78, 5) is 17.0. The van der Waals surface area contributed by atoms with Crippen molar-refractivity contribution in [3.8, 4) is 11.4 Å². The first-order valence-corrected chi connectivity index (χ1v) is 11.6. The van der Waals surface area contributed by atoms with Crippen LogP contribution in [-0.2, 0) is 11.3 Å². The number of aromatic nitrogens is 3. The van der Waals surface area contributed by atoms with Crippen molar-refractivity contribution in [3.05, 3.63) is 53.6 Å². The molecule has 1 amide bonds. The van der Waals surface area contributed by atoms with Gasteiger partial charge in [0.2, 0.25) is 5.91 Å². The molecule has 7 nitrogen and oxygen atoms in total. The van der Waals surface area contributed by atoms with E-state index in [9.17, 15) is 4.79 Å². The molecule has 0 radical (unpaired) electrons. The molecule has 2 aromatic carbocycles. The van der Waals surface area contributed by atoms with E-state index in [1.54, 1.807) is 0 Å². The zero-order valence-electron chi connectivity index (χ0n) is 17.4. The molecule has 31 heavy (non-hydrogen) atoms. The Hall–Kier alpha value is -2.71. The van der Waals surface area contributed by atoms with Crippen molar-refractivity contribution in [1.29, 1.82) is 0 Å². The molecule has 0 spiro atoms. The lowest BCUT2D eigenvalue weighted by Gasteiger charge is -2.36. The van der Waals surface area contributed by atoms with Crippen LogP contribution in [0.25, 0.3) is 11.4 Å². The Balaban J connectivity index is 1.35. The number of piperazine rings is 1. The van der Waals surface area contributed by atoms with Gasteiger partial charge in [0.25, 0.3) is 0 Å². The summed E-state index contributed by atoms with van der Waals surface area (Å²) in [5.41, 5.74) is 8.61. The van der Waals surface area contributed by atoms with Crippen molar-refractivity contribution < 1.29 is 4.79 Å². The van der Waals surface area contributed by atoms with Crippen molar-refractivity contribution in [1.82, 2.24) is 19.7 Å². The number of rotatable bonds is 6. The number of nitrogens with two attached hydrogens (primary N) is 1. The zero-order chi connectivity index (χ0) is 21.8. The fraction of sp³-hybridized carbons (Fsp3) is 0.318. The summed E-state index contributed by atoms with van der Waals surface area (Å²) >= 11 is 7.53. The number of amides is 1. The summed E-state index contributed by atoms with van der Waals surface area (Å²) in [6, 6.07) is 15.4. The number of thioether (sulfide) groups is 1. The van der Waals surface area contributed by atoms with Crippen LogP contribution in [0.2, 0.25) is 5.02 Å². The molecule has 4 rings (SSSR count). The van der Waals surface area contributed by atoms with Gasteiger partial charge in [0, 0.05) is 54.7 Å². The average Bonchev–Trinajstić information content (AvgIpc) is 3.20. The first kappa shape index (κ1) is 21.5. The number of nitrogen functional groups attached to an aromatic ring is 1. The number of anilines is 2. The maximum Gasteiger partial charge on any atom is 0.233 e. The van der Waals surface area contributed by atoms with Crippen molar-refractivity contribution in [3.63, 3.8) is 0 Å². The molecule has 2 N–H and O–H groups in total. The largest absolute Gasteiger partial charge is 0.399 e. The fourth-order valence-corrected chi connectivity index (χ4v) is 4.77. The normalized spacial score (nSPS) is 14.1. The lowest BCUT2D eigenvalue weighted by Crippen LogP contribution is -2.49. The Morgan fingerprint density at radius 3 is 2.58 bits per heavy atom. The number of halogens is 1. The Labute approximate surface area is 191 Å². The van der Waals surface area contributed by atoms with Gasteiger partial charge in [-0.25, -0.2) is 0 Å². The van der Waals surface area contributed by atoms with E-state index >= 15 is 0 Å². The summed E-state index contributed by atoms with van der Waals surface area (Å²) in [5, 5.41) is 10.1. The molecule has 1 saturated heterocycles. The SMILES string of the molecule is CCn1c(SCC(=O)N2CCN(c3cccc(Cl)c3)CC2)nnc1-c1cccc(N)c1. The number of benzene rings is 2. The Kier molecular flexibility index (Phi) is 6.67. The lowest BCUT2D eigenvalue weighted by atomic mass is 10.2. The third-order valence-electron chi connectivity index (χ3n) is 5.31. The van der Waals surface area contributed by atoms with Gasteiger partial charge in [0.05, 0.1) is 5.75 Å². The Morgan fingerprint density at radius 1 is 1.10 bits per heavy atom. The van der Waals surface area contributed by atoms with E-state index in [0.717, 1.165) is 40.3 Å². The summed E-state index contributed by atoms with van der Waals surface area (Å²) in [6.07, 6.45) is 0. The minimum Gasteiger partial charge on any atom is -0.399 e. The van der Waals surface area contributed by atoms with Gasteiger partial charge in [-0.3, -0.25) is 4.79 Å². The molecule has 0 atom stereocenters. The predicted molar refractivity (Wildman–Crippen MR) is 127 cm³/mol. The molecule has 0 aliphatic carbocycles. The van der Waals surface area contributed by atoms with Crippen LogP contribution in [0.3, 0.4) is 0 Å². The highest BCUT2D eigenvalue weighted by Crippen LogP contribution is 2.26. The minimum absolute atomic E-state index is 0.118. The number of hydrogen-bond donors (Lipinski definition) is 1. The van der Waals surface area contributed by atoms with E-state index < -0.39 is 0 Å². The fourth-order valence-electron chi connectivity index (χ4n) is 3.68. The minimum atomic E-state index is 0.118. The maximum atomic E-state index is 12.8. The van der Waals surface area contributed by atoms with Crippen LogP contribution in [-0.4, -0.2) is 57.5 Å². The number of nitrogens with zero attached hydrogens (tertiary/aromatic N) is 5. The van der Waals surface area contributed by atoms with Gasteiger partial charge < -0.3 is 20.1 Å². The quantitative estimate of drug-likeness (QED) is 0.450.